The summed E-state index contributed by atoms with van der Waals surface area (Å²) in [7, 11) is 3.08. The van der Waals surface area contributed by atoms with Crippen LogP contribution >= 0.6 is 31.8 Å². The Morgan fingerprint density at radius 3 is 2.00 bits per heavy atom. The third-order valence-electron chi connectivity index (χ3n) is 2.45. The van der Waals surface area contributed by atoms with Gasteiger partial charge in [-0.25, -0.2) is 0 Å². The first-order valence-electron chi connectivity index (χ1n) is 5.80. The predicted molar refractivity (Wildman–Crippen MR) is 87.7 cm³/mol. The first-order chi connectivity index (χ1) is 8.92. The third-order valence-corrected chi connectivity index (χ3v) is 4.60. The molecular weight excluding hydrogens is 313 g/mol. The van der Waals surface area contributed by atoms with Gasteiger partial charge >= 0.3 is 0 Å². The second kappa shape index (κ2) is 9.18. The number of hydrogen-bond donors (Lipinski definition) is 0. The minimum Gasteiger partial charge on any atom is -0.494 e. The first-order valence-corrected chi connectivity index (χ1v) is 7.76. The van der Waals surface area contributed by atoms with Gasteiger partial charge in [0, 0.05) is 18.9 Å². The van der Waals surface area contributed by atoms with Gasteiger partial charge in [-0.3, -0.25) is 4.79 Å². The fourth-order valence-corrected chi connectivity index (χ4v) is 3.19. The summed E-state index contributed by atoms with van der Waals surface area (Å²) < 4.78 is 10.4. The zero-order valence-electron chi connectivity index (χ0n) is 12.3. The normalized spacial score (nSPS) is 10.8. The number of carbonyl (C=O) groups excluding carboxylic acids is 1. The molecular formula is C13H17Cl2LiO3P. The fraction of sp³-hybridized carbons (Fsp3) is 0.462. The Kier molecular flexibility index (Phi) is 9.23. The van der Waals surface area contributed by atoms with Crippen molar-refractivity contribution in [1.29, 1.82) is 0 Å². The molecule has 1 aromatic carbocycles. The van der Waals surface area contributed by atoms with Gasteiger partial charge in [-0.15, -0.1) is 0 Å². The average molecular weight is 330 g/mol. The number of halogens is 2. The Balaban J connectivity index is 0.00000361. The van der Waals surface area contributed by atoms with Crippen molar-refractivity contribution in [3.63, 3.8) is 0 Å². The van der Waals surface area contributed by atoms with Gasteiger partial charge in [-0.2, -0.15) is 0 Å². The van der Waals surface area contributed by atoms with Crippen LogP contribution in [0.25, 0.3) is 0 Å². The molecule has 1 atom stereocenters. The number of methoxy groups -OCH3 is 2. The van der Waals surface area contributed by atoms with Crippen LogP contribution in [0.15, 0.2) is 6.07 Å². The molecule has 0 saturated carbocycles. The molecule has 7 heteroatoms. The Bertz CT molecular complexity index is 453. The molecule has 0 fully saturated rings. The molecule has 0 aliphatic heterocycles. The van der Waals surface area contributed by atoms with E-state index in [1.807, 2.05) is 0 Å². The SMILES string of the molecule is COc1c(Cl)cc(Cl)c(OC)c1C(=O)PCC(C)C.[Li]. The zero-order chi connectivity index (χ0) is 14.6. The van der Waals surface area contributed by atoms with Gasteiger partial charge in [-0.1, -0.05) is 37.0 Å². The van der Waals surface area contributed by atoms with E-state index in [-0.39, 0.29) is 33.0 Å². The van der Waals surface area contributed by atoms with Gasteiger partial charge in [0.05, 0.1) is 24.3 Å². The molecule has 0 aliphatic carbocycles. The summed E-state index contributed by atoms with van der Waals surface area (Å²) >= 11 is 12.1. The van der Waals surface area contributed by atoms with E-state index in [4.69, 9.17) is 32.7 Å². The maximum Gasteiger partial charge on any atom is 0.188 e. The molecule has 20 heavy (non-hydrogen) atoms. The standard InChI is InChI=1S/C13H17Cl2O3P.Li/c1-7(2)6-19-13(16)10-11(17-3)8(14)5-9(15)12(10)18-4;/h5,7,19H,6H2,1-4H3;. The minimum absolute atomic E-state index is 0. The van der Waals surface area contributed by atoms with Gasteiger partial charge < -0.3 is 9.47 Å². The summed E-state index contributed by atoms with van der Waals surface area (Å²) in [6, 6.07) is 1.52. The second-order valence-corrected chi connectivity index (χ2v) is 6.42. The monoisotopic (exact) mass is 329 g/mol. The van der Waals surface area contributed by atoms with Crippen molar-refractivity contribution < 1.29 is 14.3 Å². The van der Waals surface area contributed by atoms with E-state index in [1.54, 1.807) is 0 Å². The van der Waals surface area contributed by atoms with Gasteiger partial charge in [0.2, 0.25) is 0 Å². The van der Waals surface area contributed by atoms with E-state index in [9.17, 15) is 4.79 Å². The number of carbonyl (C=O) groups is 1. The van der Waals surface area contributed by atoms with Crippen molar-refractivity contribution in [3.8, 4) is 11.5 Å². The smallest absolute Gasteiger partial charge is 0.188 e. The van der Waals surface area contributed by atoms with Crippen molar-refractivity contribution in [2.75, 3.05) is 20.4 Å². The summed E-state index contributed by atoms with van der Waals surface area (Å²) in [4.78, 5) is 12.3. The Morgan fingerprint density at radius 2 is 1.65 bits per heavy atom. The Morgan fingerprint density at radius 1 is 1.20 bits per heavy atom. The molecule has 1 aromatic rings. The van der Waals surface area contributed by atoms with E-state index < -0.39 is 0 Å². The summed E-state index contributed by atoms with van der Waals surface area (Å²) in [6.45, 7) is 4.14. The van der Waals surface area contributed by atoms with Crippen LogP contribution in [-0.4, -0.2) is 44.8 Å². The topological polar surface area (TPSA) is 35.5 Å². The van der Waals surface area contributed by atoms with Crippen molar-refractivity contribution in [3.05, 3.63) is 21.7 Å². The van der Waals surface area contributed by atoms with Crippen molar-refractivity contribution in [2.45, 2.75) is 13.8 Å². The number of ether oxygens (including phenoxy) is 2. The van der Waals surface area contributed by atoms with E-state index in [0.717, 1.165) is 6.16 Å². The predicted octanol–water partition coefficient (Wildman–Crippen LogP) is 4.10. The van der Waals surface area contributed by atoms with Crippen LogP contribution in [0.3, 0.4) is 0 Å². The van der Waals surface area contributed by atoms with Gasteiger partial charge in [0.15, 0.2) is 17.0 Å². The van der Waals surface area contributed by atoms with Crippen LogP contribution < -0.4 is 9.47 Å². The summed E-state index contributed by atoms with van der Waals surface area (Å²) in [5, 5.41) is 0.622. The van der Waals surface area contributed by atoms with Crippen molar-refractivity contribution in [2.24, 2.45) is 5.92 Å². The quantitative estimate of drug-likeness (QED) is 0.582. The molecule has 107 valence electrons. The molecule has 0 spiro atoms. The summed E-state index contributed by atoms with van der Waals surface area (Å²) in [6.07, 6.45) is 0.815. The molecule has 0 aliphatic rings. The van der Waals surface area contributed by atoms with Crippen molar-refractivity contribution in [1.82, 2.24) is 0 Å². The molecule has 0 saturated heterocycles. The molecule has 0 heterocycles. The van der Waals surface area contributed by atoms with Gasteiger partial charge in [0.1, 0.15) is 5.56 Å². The number of rotatable bonds is 6. The van der Waals surface area contributed by atoms with E-state index in [1.165, 1.54) is 20.3 Å². The molecule has 1 rings (SSSR count). The zero-order valence-corrected chi connectivity index (χ0v) is 14.9. The Hall–Kier alpha value is 0.0974. The first kappa shape index (κ1) is 20.1. The van der Waals surface area contributed by atoms with E-state index in [0.29, 0.717) is 33.0 Å². The third kappa shape index (κ3) is 4.83. The maximum atomic E-state index is 12.3. The van der Waals surface area contributed by atoms with Crippen molar-refractivity contribution >= 4 is 56.2 Å². The van der Waals surface area contributed by atoms with Crippen LogP contribution in [0.1, 0.15) is 24.2 Å². The summed E-state index contributed by atoms with van der Waals surface area (Å²) in [5.74, 6) is 1.10. The average Bonchev–Trinajstić information content (AvgIpc) is 2.35. The molecule has 3 nitrogen and oxygen atoms in total. The minimum atomic E-state index is -0.0493. The van der Waals surface area contributed by atoms with Crippen LogP contribution in [-0.2, 0) is 0 Å². The van der Waals surface area contributed by atoms with E-state index in [2.05, 4.69) is 13.8 Å². The van der Waals surface area contributed by atoms with Crippen LogP contribution in [0.4, 0.5) is 0 Å². The fourth-order valence-electron chi connectivity index (χ4n) is 1.57. The van der Waals surface area contributed by atoms with E-state index >= 15 is 0 Å². The largest absolute Gasteiger partial charge is 0.494 e. The molecule has 0 bridgehead atoms. The number of benzene rings is 1. The molecule has 0 amide bonds. The molecule has 1 unspecified atom stereocenters. The molecule has 1 radical (unpaired) electrons. The van der Waals surface area contributed by atoms with Crippen LogP contribution in [0, 0.1) is 5.92 Å². The van der Waals surface area contributed by atoms with Gasteiger partial charge in [-0.05, 0) is 26.7 Å². The second-order valence-electron chi connectivity index (χ2n) is 4.39. The molecule has 0 aromatic heterocycles. The van der Waals surface area contributed by atoms with Crippen LogP contribution in [0.5, 0.6) is 11.5 Å². The number of hydrogen-bond acceptors (Lipinski definition) is 3. The van der Waals surface area contributed by atoms with Crippen LogP contribution in [0.2, 0.25) is 10.0 Å². The molecule has 0 N–H and O–H groups in total. The maximum absolute atomic E-state index is 12.3. The Labute approximate surface area is 143 Å². The summed E-state index contributed by atoms with van der Waals surface area (Å²) in [5.41, 5.74) is 0.285. The van der Waals surface area contributed by atoms with Gasteiger partial charge in [0.25, 0.3) is 0 Å².